The number of aliphatic hydroxyl groups is 1. The number of hydrogen-bond donors (Lipinski definition) is 2. The number of rotatable bonds is 17. The molecule has 9 rings (SSSR count). The maximum Gasteiger partial charge on any atom is 0.167 e. The number of methoxy groups -OCH3 is 2. The topological polar surface area (TPSA) is 116 Å². The fraction of sp³-hybridized carbons (Fsp3) is 0.241. The van der Waals surface area contributed by atoms with Crippen molar-refractivity contribution in [3.8, 4) is 11.5 Å². The van der Waals surface area contributed by atoms with Crippen LogP contribution in [0.5, 0.6) is 11.5 Å². The minimum atomic E-state index is -1.05. The SMILES string of the molecule is CCN(CC)[C@@H]1[C@@H](O)[C@@H](COC(c2ccccc2)(c2ccccc2)c2ccc(OC)cc2)O[C@H]1n1cnc2c(NC(c3ccccc3)(c3ccccc3)c3ccc(OC)cc3)ncnc21. The van der Waals surface area contributed by atoms with Crippen LogP contribution in [0.4, 0.5) is 5.82 Å². The van der Waals surface area contributed by atoms with Gasteiger partial charge in [0.05, 0.1) is 33.2 Å². The zero-order valence-electron chi connectivity index (χ0n) is 37.1. The molecule has 3 heterocycles. The van der Waals surface area contributed by atoms with E-state index in [-0.39, 0.29) is 6.61 Å². The number of ether oxygens (including phenoxy) is 4. The van der Waals surface area contributed by atoms with Crippen molar-refractivity contribution in [2.45, 2.75) is 49.5 Å². The number of nitrogens with one attached hydrogen (secondary N) is 1. The normalized spacial score (nSPS) is 17.6. The van der Waals surface area contributed by atoms with Crippen molar-refractivity contribution in [3.63, 3.8) is 0 Å². The van der Waals surface area contributed by atoms with Crippen LogP contribution in [-0.4, -0.2) is 81.7 Å². The summed E-state index contributed by atoms with van der Waals surface area (Å²) in [5, 5.41) is 16.4. The first-order valence-electron chi connectivity index (χ1n) is 22.1. The van der Waals surface area contributed by atoms with Gasteiger partial charge in [0.2, 0.25) is 0 Å². The van der Waals surface area contributed by atoms with Crippen molar-refractivity contribution in [2.75, 3.05) is 39.2 Å². The van der Waals surface area contributed by atoms with Gasteiger partial charge in [0, 0.05) is 0 Å². The minimum absolute atomic E-state index is 0.0677. The van der Waals surface area contributed by atoms with E-state index in [1.807, 2.05) is 114 Å². The number of hydrogen-bond acceptors (Lipinski definition) is 10. The van der Waals surface area contributed by atoms with Gasteiger partial charge in [0.1, 0.15) is 41.2 Å². The molecule has 0 aliphatic carbocycles. The molecular weight excluding hydrogens is 813 g/mol. The average molecular weight is 867 g/mol. The summed E-state index contributed by atoms with van der Waals surface area (Å²) in [4.78, 5) is 16.9. The van der Waals surface area contributed by atoms with E-state index in [2.05, 4.69) is 84.7 Å². The molecule has 1 aliphatic rings. The van der Waals surface area contributed by atoms with E-state index < -0.39 is 35.6 Å². The fourth-order valence-electron chi connectivity index (χ4n) is 9.51. The van der Waals surface area contributed by atoms with Gasteiger partial charge in [0.15, 0.2) is 23.2 Å². The fourth-order valence-corrected chi connectivity index (χ4v) is 9.51. The average Bonchev–Trinajstić information content (AvgIpc) is 3.96. The molecule has 8 aromatic rings. The maximum atomic E-state index is 12.5. The largest absolute Gasteiger partial charge is 0.497 e. The molecule has 0 saturated carbocycles. The number of benzene rings is 6. The van der Waals surface area contributed by atoms with Gasteiger partial charge in [-0.25, -0.2) is 15.0 Å². The Labute approximate surface area is 380 Å². The van der Waals surface area contributed by atoms with Gasteiger partial charge in [-0.05, 0) is 70.7 Å². The lowest BCUT2D eigenvalue weighted by Crippen LogP contribution is -2.47. The molecule has 0 radical (unpaired) electrons. The second-order valence-electron chi connectivity index (χ2n) is 16.1. The highest BCUT2D eigenvalue weighted by molar-refractivity contribution is 5.84. The van der Waals surface area contributed by atoms with Gasteiger partial charge in [-0.1, -0.05) is 159 Å². The van der Waals surface area contributed by atoms with Crippen molar-refractivity contribution in [1.82, 2.24) is 24.4 Å². The highest BCUT2D eigenvalue weighted by atomic mass is 16.6. The molecule has 1 aliphatic heterocycles. The van der Waals surface area contributed by atoms with Crippen LogP contribution >= 0.6 is 0 Å². The summed E-state index contributed by atoms with van der Waals surface area (Å²) in [6.07, 6.45) is 0.961. The second kappa shape index (κ2) is 19.1. The Bertz CT molecular complexity index is 2670. The van der Waals surface area contributed by atoms with Gasteiger partial charge >= 0.3 is 0 Å². The number of aromatic nitrogens is 4. The molecule has 11 nitrogen and oxygen atoms in total. The Hall–Kier alpha value is -6.89. The molecule has 0 amide bonds. The van der Waals surface area contributed by atoms with E-state index in [4.69, 9.17) is 33.9 Å². The molecule has 11 heteroatoms. The summed E-state index contributed by atoms with van der Waals surface area (Å²) in [6, 6.07) is 56.6. The first-order valence-corrected chi connectivity index (χ1v) is 22.1. The van der Waals surface area contributed by atoms with Crippen LogP contribution in [0.1, 0.15) is 53.5 Å². The Morgan fingerprint density at radius 2 is 1.08 bits per heavy atom. The van der Waals surface area contributed by atoms with Crippen LogP contribution in [0.15, 0.2) is 183 Å². The third-order valence-electron chi connectivity index (χ3n) is 12.8. The van der Waals surface area contributed by atoms with E-state index in [0.29, 0.717) is 30.1 Å². The molecule has 1 saturated heterocycles. The van der Waals surface area contributed by atoms with Crippen LogP contribution in [0.2, 0.25) is 0 Å². The molecule has 0 unspecified atom stereocenters. The maximum absolute atomic E-state index is 12.5. The third-order valence-corrected chi connectivity index (χ3v) is 12.8. The van der Waals surface area contributed by atoms with Crippen molar-refractivity contribution in [2.24, 2.45) is 0 Å². The first kappa shape index (κ1) is 43.4. The van der Waals surface area contributed by atoms with Gasteiger partial charge in [-0.2, -0.15) is 0 Å². The number of nitrogens with zero attached hydrogens (tertiary/aromatic N) is 5. The zero-order valence-corrected chi connectivity index (χ0v) is 37.1. The van der Waals surface area contributed by atoms with Crippen molar-refractivity contribution in [1.29, 1.82) is 0 Å². The molecule has 330 valence electrons. The minimum Gasteiger partial charge on any atom is -0.497 e. The molecule has 2 N–H and O–H groups in total. The van der Waals surface area contributed by atoms with Crippen molar-refractivity contribution < 1.29 is 24.1 Å². The standard InChI is InChI=1S/C54H54N6O5/c1-5-59(6-2)48-49(61)46(35-64-54(41-23-15-9-16-24-41,42-25-17-10-18-26-42)43-29-33-45(63-4)34-30-43)65-52(48)60-37-57-47-50(55-36-56-51(47)60)58-53(38-19-11-7-12-20-38,39-21-13-8-14-22-39)40-27-31-44(62-3)32-28-40/h7-34,36-37,46,48-49,52,61H,5-6,35H2,1-4H3,(H,55,56,58)/t46-,48-,49+,52-/m1/s1. The Morgan fingerprint density at radius 1 is 0.615 bits per heavy atom. The van der Waals surface area contributed by atoms with Crippen LogP contribution in [0, 0.1) is 0 Å². The van der Waals surface area contributed by atoms with E-state index in [0.717, 1.165) is 44.9 Å². The lowest BCUT2D eigenvalue weighted by Gasteiger charge is -2.37. The summed E-state index contributed by atoms with van der Waals surface area (Å²) in [6.45, 7) is 5.63. The first-order chi connectivity index (χ1) is 31.9. The molecular formula is C54H54N6O5. The third kappa shape index (κ3) is 8.01. The van der Waals surface area contributed by atoms with Crippen molar-refractivity contribution in [3.05, 3.63) is 216 Å². The molecule has 2 aromatic heterocycles. The second-order valence-corrected chi connectivity index (χ2v) is 16.1. The van der Waals surface area contributed by atoms with Gasteiger partial charge in [-0.15, -0.1) is 0 Å². The summed E-state index contributed by atoms with van der Waals surface area (Å²) in [5.74, 6) is 2.03. The number of anilines is 1. The predicted molar refractivity (Wildman–Crippen MR) is 253 cm³/mol. The number of likely N-dealkylation sites (N-methyl/N-ethyl adjacent to an activating group) is 1. The van der Waals surface area contributed by atoms with E-state index in [1.165, 1.54) is 0 Å². The van der Waals surface area contributed by atoms with E-state index in [1.54, 1.807) is 26.9 Å². The predicted octanol–water partition coefficient (Wildman–Crippen LogP) is 9.22. The van der Waals surface area contributed by atoms with Crippen molar-refractivity contribution >= 4 is 17.0 Å². The molecule has 65 heavy (non-hydrogen) atoms. The summed E-state index contributed by atoms with van der Waals surface area (Å²) >= 11 is 0. The lowest BCUT2D eigenvalue weighted by atomic mass is 9.77. The Morgan fingerprint density at radius 3 is 1.57 bits per heavy atom. The monoisotopic (exact) mass is 866 g/mol. The molecule has 1 fully saturated rings. The van der Waals surface area contributed by atoms with Crippen LogP contribution < -0.4 is 14.8 Å². The highest BCUT2D eigenvalue weighted by Gasteiger charge is 2.49. The summed E-state index contributed by atoms with van der Waals surface area (Å²) in [7, 11) is 3.33. The van der Waals surface area contributed by atoms with Gasteiger partial charge < -0.3 is 29.4 Å². The van der Waals surface area contributed by atoms with E-state index in [9.17, 15) is 5.11 Å². The molecule has 0 bridgehead atoms. The number of imidazole rings is 1. The summed E-state index contributed by atoms with van der Waals surface area (Å²) < 4.78 is 27.4. The quantitative estimate of drug-likeness (QED) is 0.0859. The van der Waals surface area contributed by atoms with E-state index >= 15 is 0 Å². The molecule has 4 atom stereocenters. The van der Waals surface area contributed by atoms with Gasteiger partial charge in [0.25, 0.3) is 0 Å². The highest BCUT2D eigenvalue weighted by Crippen LogP contribution is 2.45. The Kier molecular flexibility index (Phi) is 12.7. The Balaban J connectivity index is 1.12. The van der Waals surface area contributed by atoms with Crippen LogP contribution in [0.25, 0.3) is 11.2 Å². The molecule has 0 spiro atoms. The molecule has 6 aromatic carbocycles. The smallest absolute Gasteiger partial charge is 0.167 e. The van der Waals surface area contributed by atoms with Crippen LogP contribution in [-0.2, 0) is 20.6 Å². The summed E-state index contributed by atoms with van der Waals surface area (Å²) in [5.41, 5.74) is 4.94. The van der Waals surface area contributed by atoms with Crippen LogP contribution in [0.3, 0.4) is 0 Å². The zero-order chi connectivity index (χ0) is 44.8. The number of fused-ring (bicyclic) bond motifs is 1. The lowest BCUT2D eigenvalue weighted by molar-refractivity contribution is -0.0936. The van der Waals surface area contributed by atoms with Gasteiger partial charge in [-0.3, -0.25) is 9.47 Å². The number of aliphatic hydroxyl groups excluding tert-OH is 1.